The van der Waals surface area contributed by atoms with E-state index in [1.54, 1.807) is 0 Å². The first-order chi connectivity index (χ1) is 12.8. The molecule has 0 saturated carbocycles. The number of allylic oxidation sites excluding steroid dienone is 2. The molecule has 11 nitrogen and oxygen atoms in total. The number of rotatable bonds is 4. The number of nitrogens with zero attached hydrogens (tertiary/aromatic N) is 4. The summed E-state index contributed by atoms with van der Waals surface area (Å²) in [6.45, 7) is 3.45. The monoisotopic (exact) mass is 381 g/mol. The lowest BCUT2D eigenvalue weighted by molar-refractivity contribution is -0.250. The number of hydrogen-bond acceptors (Lipinski definition) is 9. The highest BCUT2D eigenvalue weighted by atomic mass is 16.6. The Hall–Kier alpha value is -2.31. The van der Waals surface area contributed by atoms with E-state index in [-0.39, 0.29) is 23.5 Å². The Morgan fingerprint density at radius 1 is 1.30 bits per heavy atom. The van der Waals surface area contributed by atoms with Crippen LogP contribution in [0.25, 0.3) is 11.2 Å². The van der Waals surface area contributed by atoms with Gasteiger partial charge in [-0.2, -0.15) is 4.98 Å². The number of fused-ring (bicyclic) bond motifs is 1. The van der Waals surface area contributed by atoms with Crippen LogP contribution >= 0.6 is 0 Å². The number of ether oxygens (including phenoxy) is 1. The third-order valence-electron chi connectivity index (χ3n) is 4.54. The molecule has 148 valence electrons. The Kier molecular flexibility index (Phi) is 5.31. The van der Waals surface area contributed by atoms with E-state index in [1.807, 2.05) is 19.9 Å². The molecule has 1 fully saturated rings. The highest BCUT2D eigenvalue weighted by molar-refractivity contribution is 5.82. The maximum atomic E-state index is 12.2. The molecular weight excluding hydrogens is 358 g/mol. The summed E-state index contributed by atoms with van der Waals surface area (Å²) >= 11 is 0. The average Bonchev–Trinajstić information content (AvgIpc) is 3.05. The first-order valence-electron chi connectivity index (χ1n) is 8.43. The van der Waals surface area contributed by atoms with Crippen molar-refractivity contribution in [3.63, 3.8) is 0 Å². The second-order valence-corrected chi connectivity index (χ2v) is 6.72. The van der Waals surface area contributed by atoms with Gasteiger partial charge in [-0.1, -0.05) is 11.6 Å². The zero-order chi connectivity index (χ0) is 19.9. The van der Waals surface area contributed by atoms with E-state index in [0.29, 0.717) is 0 Å². The van der Waals surface area contributed by atoms with Gasteiger partial charge < -0.3 is 30.9 Å². The molecule has 3 heterocycles. The van der Waals surface area contributed by atoms with Crippen LogP contribution in [0.2, 0.25) is 0 Å². The molecule has 0 amide bonds. The van der Waals surface area contributed by atoms with E-state index in [0.717, 1.165) is 5.57 Å². The standard InChI is InChI=1S/C16H23N5O6/c1-7(2)3-4-20-14-9(13(17)19-16(20)26)21(6-18-14)15-12(25)11(24)10(23)8(5-22)27-15/h3,6,8,10-12,15,22-25H,4-5H2,1-2H3,(H2,17,19,26). The van der Waals surface area contributed by atoms with Gasteiger partial charge in [-0.05, 0) is 13.8 Å². The fourth-order valence-electron chi connectivity index (χ4n) is 3.05. The summed E-state index contributed by atoms with van der Waals surface area (Å²) in [5.41, 5.74) is 6.81. The van der Waals surface area contributed by atoms with Crippen molar-refractivity contribution in [2.24, 2.45) is 0 Å². The van der Waals surface area contributed by atoms with Crippen molar-refractivity contribution in [3.8, 4) is 0 Å². The smallest absolute Gasteiger partial charge is 0.351 e. The maximum Gasteiger partial charge on any atom is 0.351 e. The van der Waals surface area contributed by atoms with E-state index in [9.17, 15) is 25.2 Å². The molecule has 0 spiro atoms. The van der Waals surface area contributed by atoms with Crippen molar-refractivity contribution in [3.05, 3.63) is 28.5 Å². The largest absolute Gasteiger partial charge is 0.394 e. The third-order valence-corrected chi connectivity index (χ3v) is 4.54. The summed E-state index contributed by atoms with van der Waals surface area (Å²) in [5, 5.41) is 39.7. The molecule has 27 heavy (non-hydrogen) atoms. The maximum absolute atomic E-state index is 12.2. The molecule has 0 aliphatic carbocycles. The number of nitrogen functional groups attached to an aromatic ring is 1. The first kappa shape index (κ1) is 19.5. The molecule has 1 saturated heterocycles. The topological polar surface area (TPSA) is 169 Å². The van der Waals surface area contributed by atoms with Gasteiger partial charge in [0.1, 0.15) is 29.9 Å². The van der Waals surface area contributed by atoms with E-state index < -0.39 is 42.9 Å². The second kappa shape index (κ2) is 7.37. The molecule has 2 aromatic rings. The van der Waals surface area contributed by atoms with Crippen molar-refractivity contribution >= 4 is 17.0 Å². The van der Waals surface area contributed by atoms with Crippen molar-refractivity contribution in [2.45, 2.75) is 51.0 Å². The Morgan fingerprint density at radius 3 is 2.63 bits per heavy atom. The predicted molar refractivity (Wildman–Crippen MR) is 94.6 cm³/mol. The van der Waals surface area contributed by atoms with Crippen LogP contribution in [-0.4, -0.2) is 70.6 Å². The van der Waals surface area contributed by atoms with Crippen LogP contribution in [0.4, 0.5) is 5.82 Å². The van der Waals surface area contributed by atoms with E-state index in [1.165, 1.54) is 15.5 Å². The Morgan fingerprint density at radius 2 is 2.00 bits per heavy atom. The van der Waals surface area contributed by atoms with Crippen LogP contribution in [0.5, 0.6) is 0 Å². The SMILES string of the molecule is CC(C)=CCn1c(=O)nc(N)c2c1ncn2C1OC(CO)C(O)C(O)C1O. The molecule has 0 radical (unpaired) electrons. The fraction of sp³-hybridized carbons (Fsp3) is 0.562. The predicted octanol–water partition coefficient (Wildman–Crippen LogP) is -1.89. The zero-order valence-electron chi connectivity index (χ0n) is 14.9. The van der Waals surface area contributed by atoms with Crippen molar-refractivity contribution in [2.75, 3.05) is 12.3 Å². The molecule has 11 heteroatoms. The van der Waals surface area contributed by atoms with Crippen LogP contribution in [0.3, 0.4) is 0 Å². The normalized spacial score (nSPS) is 28.4. The summed E-state index contributed by atoms with van der Waals surface area (Å²) in [7, 11) is 0. The molecule has 0 aromatic carbocycles. The van der Waals surface area contributed by atoms with E-state index in [4.69, 9.17) is 10.5 Å². The summed E-state index contributed by atoms with van der Waals surface area (Å²) in [6.07, 6.45) is -3.70. The molecule has 0 bridgehead atoms. The minimum atomic E-state index is -1.55. The molecule has 5 unspecified atom stereocenters. The van der Waals surface area contributed by atoms with Gasteiger partial charge in [-0.25, -0.2) is 9.78 Å². The van der Waals surface area contributed by atoms with Gasteiger partial charge in [-0.3, -0.25) is 9.13 Å². The minimum absolute atomic E-state index is 0.113. The molecule has 2 aromatic heterocycles. The second-order valence-electron chi connectivity index (χ2n) is 6.72. The minimum Gasteiger partial charge on any atom is -0.394 e. The fourth-order valence-corrected chi connectivity index (χ4v) is 3.05. The number of anilines is 1. The van der Waals surface area contributed by atoms with Gasteiger partial charge in [0.05, 0.1) is 12.9 Å². The summed E-state index contributed by atoms with van der Waals surface area (Å²) in [5.74, 6) is -0.113. The zero-order valence-corrected chi connectivity index (χ0v) is 14.9. The van der Waals surface area contributed by atoms with Gasteiger partial charge in [0.25, 0.3) is 0 Å². The van der Waals surface area contributed by atoms with Crippen molar-refractivity contribution in [1.82, 2.24) is 19.1 Å². The van der Waals surface area contributed by atoms with E-state index >= 15 is 0 Å². The van der Waals surface area contributed by atoms with Crippen LogP contribution in [0.15, 0.2) is 22.8 Å². The van der Waals surface area contributed by atoms with Gasteiger partial charge >= 0.3 is 5.69 Å². The highest BCUT2D eigenvalue weighted by Crippen LogP contribution is 2.31. The number of aliphatic hydroxyl groups is 4. The number of nitrogens with two attached hydrogens (primary N) is 1. The van der Waals surface area contributed by atoms with Crippen LogP contribution in [0, 0.1) is 0 Å². The number of hydrogen-bond donors (Lipinski definition) is 5. The van der Waals surface area contributed by atoms with Gasteiger partial charge in [0.15, 0.2) is 17.7 Å². The summed E-state index contributed by atoms with van der Waals surface area (Å²) in [6, 6.07) is 0. The van der Waals surface area contributed by atoms with Crippen LogP contribution in [0.1, 0.15) is 20.1 Å². The summed E-state index contributed by atoms with van der Waals surface area (Å²) < 4.78 is 8.19. The van der Waals surface area contributed by atoms with E-state index in [2.05, 4.69) is 9.97 Å². The molecular formula is C16H23N5O6. The van der Waals surface area contributed by atoms with Gasteiger partial charge in [0.2, 0.25) is 0 Å². The van der Waals surface area contributed by atoms with Gasteiger partial charge in [0, 0.05) is 6.54 Å². The summed E-state index contributed by atoms with van der Waals surface area (Å²) in [4.78, 5) is 20.2. The first-order valence-corrected chi connectivity index (χ1v) is 8.43. The van der Waals surface area contributed by atoms with Crippen LogP contribution in [-0.2, 0) is 11.3 Å². The highest BCUT2D eigenvalue weighted by Gasteiger charge is 2.44. The van der Waals surface area contributed by atoms with Crippen molar-refractivity contribution < 1.29 is 25.2 Å². The average molecular weight is 381 g/mol. The Bertz CT molecular complexity index is 916. The quantitative estimate of drug-likeness (QED) is 0.380. The molecule has 5 atom stereocenters. The van der Waals surface area contributed by atoms with Crippen molar-refractivity contribution in [1.29, 1.82) is 0 Å². The Balaban J connectivity index is 2.12. The molecule has 6 N–H and O–H groups in total. The third kappa shape index (κ3) is 3.35. The number of aliphatic hydroxyl groups excluding tert-OH is 4. The van der Waals surface area contributed by atoms with Crippen LogP contribution < -0.4 is 11.4 Å². The lowest BCUT2D eigenvalue weighted by atomic mass is 9.98. The number of aromatic nitrogens is 4. The lowest BCUT2D eigenvalue weighted by Crippen LogP contribution is -2.56. The number of imidazole rings is 1. The van der Waals surface area contributed by atoms with Gasteiger partial charge in [-0.15, -0.1) is 0 Å². The lowest BCUT2D eigenvalue weighted by Gasteiger charge is -2.40. The Labute approximate surface area is 154 Å². The molecule has 1 aliphatic rings. The molecule has 3 rings (SSSR count). The molecule has 1 aliphatic heterocycles.